The number of carbonyl (C=O) groups excluding carboxylic acids is 1. The van der Waals surface area contributed by atoms with Crippen LogP contribution in [0.1, 0.15) is 12.5 Å². The molecule has 28 heavy (non-hydrogen) atoms. The fourth-order valence-electron chi connectivity index (χ4n) is 2.33. The topological polar surface area (TPSA) is 129 Å². The average Bonchev–Trinajstić information content (AvgIpc) is 2.68. The number of para-hydroxylation sites is 1. The molecule has 0 spiro atoms. The van der Waals surface area contributed by atoms with Crippen LogP contribution >= 0.6 is 12.2 Å². The highest BCUT2D eigenvalue weighted by Gasteiger charge is 2.19. The second-order valence-corrected chi connectivity index (χ2v) is 6.08. The van der Waals surface area contributed by atoms with Crippen LogP contribution in [0.25, 0.3) is 0 Å². The van der Waals surface area contributed by atoms with Crippen LogP contribution in [0.3, 0.4) is 0 Å². The molecule has 0 aliphatic rings. The summed E-state index contributed by atoms with van der Waals surface area (Å²) in [4.78, 5) is 21.8. The van der Waals surface area contributed by atoms with Crippen molar-refractivity contribution >= 4 is 40.3 Å². The number of anilines is 1. The zero-order chi connectivity index (χ0) is 20.5. The molecule has 1 amide bonds. The Morgan fingerprint density at radius 3 is 2.39 bits per heavy atom. The summed E-state index contributed by atoms with van der Waals surface area (Å²) in [6.45, 7) is 0.890. The molecule has 0 heterocycles. The third kappa shape index (κ3) is 6.11. The van der Waals surface area contributed by atoms with Crippen molar-refractivity contribution in [3.05, 3.63) is 70.3 Å². The van der Waals surface area contributed by atoms with Gasteiger partial charge in [0, 0.05) is 30.3 Å². The molecular weight excluding hydrogens is 382 g/mol. The Kier molecular flexibility index (Phi) is 7.55. The number of nitrogens with one attached hydrogen (secondary N) is 3. The predicted molar refractivity (Wildman–Crippen MR) is 110 cm³/mol. The largest absolute Gasteiger partial charge is 0.394 e. The molecule has 2 aromatic carbocycles. The van der Waals surface area contributed by atoms with Gasteiger partial charge in [0.15, 0.2) is 5.11 Å². The molecule has 0 aliphatic heterocycles. The van der Waals surface area contributed by atoms with E-state index in [-0.39, 0.29) is 22.4 Å². The highest BCUT2D eigenvalue weighted by molar-refractivity contribution is 7.80. The Labute approximate surface area is 166 Å². The first kappa shape index (κ1) is 20.9. The van der Waals surface area contributed by atoms with E-state index in [2.05, 4.69) is 21.2 Å². The number of carbonyl (C=O) groups is 1. The minimum absolute atomic E-state index is 0.0857. The molecule has 4 N–H and O–H groups in total. The van der Waals surface area contributed by atoms with E-state index in [1.54, 1.807) is 0 Å². The van der Waals surface area contributed by atoms with Gasteiger partial charge in [-0.3, -0.25) is 20.3 Å². The SMILES string of the molecule is CC(=O)N[C@H](CO)/C(=N/NC(=S)Nc1ccccc1)c1ccc([N+](=O)[O-])cc1. The van der Waals surface area contributed by atoms with E-state index >= 15 is 0 Å². The van der Waals surface area contributed by atoms with Crippen LogP contribution in [0.2, 0.25) is 0 Å². The van der Waals surface area contributed by atoms with Crippen molar-refractivity contribution in [3.63, 3.8) is 0 Å². The van der Waals surface area contributed by atoms with Crippen molar-refractivity contribution in [3.8, 4) is 0 Å². The Bertz CT molecular complexity index is 871. The summed E-state index contributed by atoms with van der Waals surface area (Å²) in [5.41, 5.74) is 4.09. The number of non-ortho nitro benzene ring substituents is 1. The molecule has 0 aromatic heterocycles. The average molecular weight is 401 g/mol. The van der Waals surface area contributed by atoms with Gasteiger partial charge in [0.25, 0.3) is 5.69 Å². The normalized spacial score (nSPS) is 12.0. The Morgan fingerprint density at radius 1 is 1.21 bits per heavy atom. The first-order valence-corrected chi connectivity index (χ1v) is 8.64. The third-order valence-corrected chi connectivity index (χ3v) is 3.77. The maximum absolute atomic E-state index is 11.4. The van der Waals surface area contributed by atoms with Gasteiger partial charge in [0.2, 0.25) is 5.91 Å². The monoisotopic (exact) mass is 401 g/mol. The molecule has 1 atom stereocenters. The Morgan fingerprint density at radius 2 is 1.86 bits per heavy atom. The van der Waals surface area contributed by atoms with E-state index in [9.17, 15) is 20.0 Å². The number of hydrazone groups is 1. The highest BCUT2D eigenvalue weighted by atomic mass is 32.1. The van der Waals surface area contributed by atoms with E-state index in [4.69, 9.17) is 12.2 Å². The molecule has 0 radical (unpaired) electrons. The number of aliphatic hydroxyl groups excluding tert-OH is 1. The van der Waals surface area contributed by atoms with Gasteiger partial charge in [-0.15, -0.1) is 0 Å². The first-order valence-electron chi connectivity index (χ1n) is 8.23. The van der Waals surface area contributed by atoms with Crippen LogP contribution in [-0.4, -0.2) is 39.4 Å². The van der Waals surface area contributed by atoms with Crippen LogP contribution in [0, 0.1) is 10.1 Å². The number of nitro benzene ring substituents is 1. The second-order valence-electron chi connectivity index (χ2n) is 5.67. The number of amides is 1. The smallest absolute Gasteiger partial charge is 0.269 e. The zero-order valence-corrected chi connectivity index (χ0v) is 15.8. The zero-order valence-electron chi connectivity index (χ0n) is 15.0. The maximum atomic E-state index is 11.4. The lowest BCUT2D eigenvalue weighted by molar-refractivity contribution is -0.384. The molecule has 0 unspecified atom stereocenters. The summed E-state index contributed by atoms with van der Waals surface area (Å²) in [6, 6.07) is 14.0. The predicted octanol–water partition coefficient (Wildman–Crippen LogP) is 1.78. The van der Waals surface area contributed by atoms with E-state index in [0.29, 0.717) is 5.56 Å². The lowest BCUT2D eigenvalue weighted by Gasteiger charge is -2.18. The van der Waals surface area contributed by atoms with Gasteiger partial charge in [-0.2, -0.15) is 5.10 Å². The second kappa shape index (κ2) is 10.1. The number of thiocarbonyl (C=S) groups is 1. The van der Waals surface area contributed by atoms with Gasteiger partial charge in [0.05, 0.1) is 23.3 Å². The number of hydrogen-bond acceptors (Lipinski definition) is 6. The summed E-state index contributed by atoms with van der Waals surface area (Å²) in [5, 5.41) is 30.4. The molecule has 0 fully saturated rings. The van der Waals surface area contributed by atoms with Crippen molar-refractivity contribution in [2.24, 2.45) is 5.10 Å². The van der Waals surface area contributed by atoms with Gasteiger partial charge in [-0.1, -0.05) is 18.2 Å². The van der Waals surface area contributed by atoms with Crippen molar-refractivity contribution < 1.29 is 14.8 Å². The number of aliphatic hydroxyl groups is 1. The molecule has 0 saturated carbocycles. The minimum atomic E-state index is -0.828. The van der Waals surface area contributed by atoms with Crippen molar-refractivity contribution in [2.45, 2.75) is 13.0 Å². The molecule has 0 bridgehead atoms. The molecule has 0 aliphatic carbocycles. The summed E-state index contributed by atoms with van der Waals surface area (Å²) in [7, 11) is 0. The third-order valence-electron chi connectivity index (χ3n) is 3.57. The molecular formula is C18H19N5O4S. The number of nitrogens with zero attached hydrogens (tertiary/aromatic N) is 2. The van der Waals surface area contributed by atoms with Crippen LogP contribution in [0.4, 0.5) is 11.4 Å². The standard InChI is InChI=1S/C18H19N5O4S/c1-12(25)19-16(11-24)17(13-7-9-15(10-8-13)23(26)27)21-22-18(28)20-14-5-3-2-4-6-14/h2-10,16,24H,11H2,1H3,(H,19,25)(H2,20,22,28)/b21-17+/t16-/m1/s1. The van der Waals surface area contributed by atoms with Gasteiger partial charge in [-0.05, 0) is 36.5 Å². The Balaban J connectivity index is 2.25. The molecule has 146 valence electrons. The van der Waals surface area contributed by atoms with E-state index in [1.807, 2.05) is 30.3 Å². The van der Waals surface area contributed by atoms with Crippen molar-refractivity contribution in [1.82, 2.24) is 10.7 Å². The summed E-state index contributed by atoms with van der Waals surface area (Å²) < 4.78 is 0. The number of benzene rings is 2. The lowest BCUT2D eigenvalue weighted by Crippen LogP contribution is -2.44. The van der Waals surface area contributed by atoms with Gasteiger partial charge >= 0.3 is 0 Å². The molecule has 2 aromatic rings. The number of rotatable bonds is 7. The van der Waals surface area contributed by atoms with Crippen LogP contribution in [-0.2, 0) is 4.79 Å². The summed E-state index contributed by atoms with van der Waals surface area (Å²) in [6.07, 6.45) is 0. The van der Waals surface area contributed by atoms with Crippen molar-refractivity contribution in [1.29, 1.82) is 0 Å². The molecule has 2 rings (SSSR count). The van der Waals surface area contributed by atoms with E-state index in [0.717, 1.165) is 5.69 Å². The summed E-state index contributed by atoms with van der Waals surface area (Å²) in [5.74, 6) is -0.362. The highest BCUT2D eigenvalue weighted by Crippen LogP contribution is 2.14. The molecule has 0 saturated heterocycles. The van der Waals surface area contributed by atoms with E-state index < -0.39 is 17.6 Å². The maximum Gasteiger partial charge on any atom is 0.269 e. The van der Waals surface area contributed by atoms with Crippen LogP contribution in [0.5, 0.6) is 0 Å². The fourth-order valence-corrected chi connectivity index (χ4v) is 2.50. The number of nitro groups is 1. The summed E-state index contributed by atoms with van der Waals surface area (Å²) >= 11 is 5.20. The van der Waals surface area contributed by atoms with Gasteiger partial charge in [-0.25, -0.2) is 0 Å². The quantitative estimate of drug-likeness (QED) is 0.241. The lowest BCUT2D eigenvalue weighted by atomic mass is 10.0. The van der Waals surface area contributed by atoms with Crippen LogP contribution in [0.15, 0.2) is 59.7 Å². The fraction of sp³-hybridized carbons (Fsp3) is 0.167. The Hall–Kier alpha value is -3.37. The van der Waals surface area contributed by atoms with E-state index in [1.165, 1.54) is 31.2 Å². The first-order chi connectivity index (χ1) is 13.4. The minimum Gasteiger partial charge on any atom is -0.394 e. The molecule has 9 nitrogen and oxygen atoms in total. The molecule has 10 heteroatoms. The van der Waals surface area contributed by atoms with Gasteiger partial charge in [0.1, 0.15) is 0 Å². The van der Waals surface area contributed by atoms with Crippen LogP contribution < -0.4 is 16.1 Å². The number of hydrogen-bond donors (Lipinski definition) is 4. The van der Waals surface area contributed by atoms with Gasteiger partial charge < -0.3 is 15.7 Å². The van der Waals surface area contributed by atoms with Crippen molar-refractivity contribution in [2.75, 3.05) is 11.9 Å².